The number of carbonyl (C=O) groups excluding carboxylic acids is 1. The van der Waals surface area contributed by atoms with Gasteiger partial charge in [0, 0.05) is 13.6 Å². The minimum atomic E-state index is -0.218. The largest absolute Gasteiger partial charge is 0.468 e. The average Bonchev–Trinajstić information content (AvgIpc) is 3.28. The summed E-state index contributed by atoms with van der Waals surface area (Å²) in [7, 11) is 1.86. The molecule has 25 heavy (non-hydrogen) atoms. The van der Waals surface area contributed by atoms with Crippen molar-refractivity contribution in [2.24, 2.45) is 7.05 Å². The van der Waals surface area contributed by atoms with Crippen LogP contribution in [0.1, 0.15) is 49.9 Å². The fraction of sp³-hybridized carbons (Fsp3) is 0.588. The number of likely N-dealkylation sites (tertiary alicyclic amines) is 1. The van der Waals surface area contributed by atoms with E-state index < -0.39 is 0 Å². The van der Waals surface area contributed by atoms with Gasteiger partial charge in [-0.3, -0.25) is 4.90 Å². The van der Waals surface area contributed by atoms with Crippen LogP contribution in [0.2, 0.25) is 0 Å². The van der Waals surface area contributed by atoms with Crippen LogP contribution in [0.5, 0.6) is 0 Å². The van der Waals surface area contributed by atoms with Crippen molar-refractivity contribution in [2.45, 2.75) is 38.3 Å². The summed E-state index contributed by atoms with van der Waals surface area (Å²) < 4.78 is 7.40. The second-order valence-electron chi connectivity index (χ2n) is 6.50. The van der Waals surface area contributed by atoms with E-state index in [0.29, 0.717) is 12.4 Å². The van der Waals surface area contributed by atoms with E-state index in [1.807, 2.05) is 26.1 Å². The molecule has 136 valence electrons. The van der Waals surface area contributed by atoms with Crippen molar-refractivity contribution in [3.8, 4) is 0 Å². The van der Waals surface area contributed by atoms with Gasteiger partial charge in [-0.15, -0.1) is 10.2 Å². The lowest BCUT2D eigenvalue weighted by atomic mass is 10.1. The van der Waals surface area contributed by atoms with Gasteiger partial charge in [-0.1, -0.05) is 6.42 Å². The smallest absolute Gasteiger partial charge is 0.315 e. The molecule has 1 aliphatic rings. The highest BCUT2D eigenvalue weighted by Crippen LogP contribution is 2.24. The van der Waals surface area contributed by atoms with Gasteiger partial charge in [0.2, 0.25) is 0 Å². The summed E-state index contributed by atoms with van der Waals surface area (Å²) in [4.78, 5) is 14.7. The molecule has 0 bridgehead atoms. The predicted octanol–water partition coefficient (Wildman–Crippen LogP) is 2.00. The Labute approximate surface area is 147 Å². The van der Waals surface area contributed by atoms with Gasteiger partial charge in [-0.05, 0) is 45.0 Å². The predicted molar refractivity (Wildman–Crippen MR) is 92.8 cm³/mol. The highest BCUT2D eigenvalue weighted by atomic mass is 16.3. The van der Waals surface area contributed by atoms with Gasteiger partial charge in [0.15, 0.2) is 5.82 Å². The molecule has 2 atom stereocenters. The molecule has 0 spiro atoms. The lowest BCUT2D eigenvalue weighted by Gasteiger charge is -2.33. The third-order valence-corrected chi connectivity index (χ3v) is 4.64. The molecule has 2 aromatic heterocycles. The second-order valence-corrected chi connectivity index (χ2v) is 6.50. The van der Waals surface area contributed by atoms with Crippen LogP contribution in [-0.2, 0) is 7.05 Å². The zero-order chi connectivity index (χ0) is 17.6. The zero-order valence-corrected chi connectivity index (χ0v) is 14.8. The maximum Gasteiger partial charge on any atom is 0.315 e. The van der Waals surface area contributed by atoms with Crippen LogP contribution in [0.15, 0.2) is 29.1 Å². The molecular formula is C17H26N6O2. The summed E-state index contributed by atoms with van der Waals surface area (Å²) in [5, 5.41) is 13.7. The van der Waals surface area contributed by atoms with E-state index in [-0.39, 0.29) is 18.1 Å². The van der Waals surface area contributed by atoms with Crippen LogP contribution in [0.3, 0.4) is 0 Å². The van der Waals surface area contributed by atoms with Gasteiger partial charge in [0.05, 0.1) is 18.3 Å². The molecule has 0 aliphatic carbocycles. The average molecular weight is 346 g/mol. The van der Waals surface area contributed by atoms with Gasteiger partial charge < -0.3 is 19.6 Å². The maximum absolute atomic E-state index is 12.3. The first-order valence-corrected chi connectivity index (χ1v) is 8.81. The minimum absolute atomic E-state index is 0.0613. The van der Waals surface area contributed by atoms with E-state index in [0.717, 1.165) is 18.8 Å². The number of aromatic nitrogens is 3. The molecule has 0 unspecified atom stereocenters. The molecule has 0 aromatic carbocycles. The molecule has 0 radical (unpaired) electrons. The van der Waals surface area contributed by atoms with E-state index in [1.54, 1.807) is 17.2 Å². The SMILES string of the molecule is C[C@@H](NC(=O)NC[C@H](c1ccco1)N1CCCCC1)c1nncn1C. The molecule has 2 aromatic rings. The number of hydrogen-bond acceptors (Lipinski definition) is 5. The molecule has 8 heteroatoms. The van der Waals surface area contributed by atoms with E-state index in [4.69, 9.17) is 4.42 Å². The fourth-order valence-electron chi connectivity index (χ4n) is 3.31. The van der Waals surface area contributed by atoms with E-state index in [2.05, 4.69) is 25.7 Å². The first-order valence-electron chi connectivity index (χ1n) is 8.81. The Morgan fingerprint density at radius 2 is 2.16 bits per heavy atom. The Hall–Kier alpha value is -2.35. The van der Waals surface area contributed by atoms with Crippen molar-refractivity contribution in [3.05, 3.63) is 36.3 Å². The van der Waals surface area contributed by atoms with E-state index in [9.17, 15) is 4.79 Å². The van der Waals surface area contributed by atoms with Crippen LogP contribution in [-0.4, -0.2) is 45.3 Å². The van der Waals surface area contributed by atoms with Crippen molar-refractivity contribution in [2.75, 3.05) is 19.6 Å². The molecule has 2 N–H and O–H groups in total. The number of furan rings is 1. The number of carbonyl (C=O) groups is 1. The summed E-state index contributed by atoms with van der Waals surface area (Å²) in [5.74, 6) is 1.61. The van der Waals surface area contributed by atoms with Gasteiger partial charge in [-0.2, -0.15) is 0 Å². The topological polar surface area (TPSA) is 88.2 Å². The molecule has 1 fully saturated rings. The number of aryl methyl sites for hydroxylation is 1. The Kier molecular flexibility index (Phi) is 5.70. The Morgan fingerprint density at radius 3 is 2.80 bits per heavy atom. The van der Waals surface area contributed by atoms with Gasteiger partial charge in [0.25, 0.3) is 0 Å². The number of hydrogen-bond donors (Lipinski definition) is 2. The number of piperidine rings is 1. The monoisotopic (exact) mass is 346 g/mol. The summed E-state index contributed by atoms with van der Waals surface area (Å²) in [6, 6.07) is 3.49. The zero-order valence-electron chi connectivity index (χ0n) is 14.8. The Morgan fingerprint density at radius 1 is 1.36 bits per heavy atom. The molecule has 3 rings (SSSR count). The summed E-state index contributed by atoms with van der Waals surface area (Å²) in [6.45, 7) is 4.46. The van der Waals surface area contributed by atoms with E-state index >= 15 is 0 Å². The van der Waals surface area contributed by atoms with Crippen LogP contribution in [0, 0.1) is 0 Å². The number of nitrogens with zero attached hydrogens (tertiary/aromatic N) is 4. The lowest BCUT2D eigenvalue weighted by molar-refractivity contribution is 0.143. The number of rotatable bonds is 6. The van der Waals surface area contributed by atoms with Crippen LogP contribution >= 0.6 is 0 Å². The first kappa shape index (κ1) is 17.5. The van der Waals surface area contributed by atoms with Crippen molar-refractivity contribution in [1.29, 1.82) is 0 Å². The maximum atomic E-state index is 12.3. The number of urea groups is 1. The second kappa shape index (κ2) is 8.15. The molecular weight excluding hydrogens is 320 g/mol. The minimum Gasteiger partial charge on any atom is -0.468 e. The normalized spacial score (nSPS) is 17.8. The standard InChI is InChI=1S/C17H26N6O2/c1-13(16-21-19-12-22(16)2)20-17(24)18-11-14(15-7-6-10-25-15)23-8-4-3-5-9-23/h6-7,10,12-14H,3-5,8-9,11H2,1-2H3,(H2,18,20,24)/t13-,14-/m1/s1. The lowest BCUT2D eigenvalue weighted by Crippen LogP contribution is -2.44. The summed E-state index contributed by atoms with van der Waals surface area (Å²) in [5.41, 5.74) is 0. The highest BCUT2D eigenvalue weighted by Gasteiger charge is 2.25. The fourth-order valence-corrected chi connectivity index (χ4v) is 3.31. The van der Waals surface area contributed by atoms with Crippen molar-refractivity contribution < 1.29 is 9.21 Å². The first-order chi connectivity index (χ1) is 12.1. The molecule has 1 saturated heterocycles. The van der Waals surface area contributed by atoms with Gasteiger partial charge >= 0.3 is 6.03 Å². The molecule has 8 nitrogen and oxygen atoms in total. The molecule has 1 aliphatic heterocycles. The summed E-state index contributed by atoms with van der Waals surface area (Å²) >= 11 is 0. The van der Waals surface area contributed by atoms with Crippen molar-refractivity contribution >= 4 is 6.03 Å². The third-order valence-electron chi connectivity index (χ3n) is 4.64. The van der Waals surface area contributed by atoms with Crippen molar-refractivity contribution in [1.82, 2.24) is 30.3 Å². The quantitative estimate of drug-likeness (QED) is 0.835. The van der Waals surface area contributed by atoms with Crippen LogP contribution in [0.4, 0.5) is 4.79 Å². The Balaban J connectivity index is 1.57. The number of amides is 2. The van der Waals surface area contributed by atoms with Gasteiger partial charge in [0.1, 0.15) is 12.1 Å². The third kappa shape index (κ3) is 4.39. The summed E-state index contributed by atoms with van der Waals surface area (Å²) in [6.07, 6.45) is 6.95. The van der Waals surface area contributed by atoms with Crippen LogP contribution in [0.25, 0.3) is 0 Å². The molecule has 0 saturated carbocycles. The Bertz CT molecular complexity index is 662. The molecule has 2 amide bonds. The number of nitrogens with one attached hydrogen (secondary N) is 2. The van der Waals surface area contributed by atoms with E-state index in [1.165, 1.54) is 19.3 Å². The molecule has 3 heterocycles. The van der Waals surface area contributed by atoms with Crippen molar-refractivity contribution in [3.63, 3.8) is 0 Å². The van der Waals surface area contributed by atoms with Crippen LogP contribution < -0.4 is 10.6 Å². The highest BCUT2D eigenvalue weighted by molar-refractivity contribution is 5.74. The van der Waals surface area contributed by atoms with Gasteiger partial charge in [-0.25, -0.2) is 4.79 Å².